The summed E-state index contributed by atoms with van der Waals surface area (Å²) >= 11 is 6.26. The largest absolute Gasteiger partial charge is 0.487 e. The Kier molecular flexibility index (Phi) is 9.25. The van der Waals surface area contributed by atoms with Crippen LogP contribution in [-0.4, -0.2) is 38.4 Å². The molecule has 1 rings (SSSR count). The van der Waals surface area contributed by atoms with E-state index < -0.39 is 5.60 Å². The lowest BCUT2D eigenvalue weighted by Gasteiger charge is -2.27. The molecule has 2 atom stereocenters. The van der Waals surface area contributed by atoms with Crippen LogP contribution >= 0.6 is 11.6 Å². The first-order valence-electron chi connectivity index (χ1n) is 8.68. The lowest BCUT2D eigenvalue weighted by atomic mass is 9.97. The Labute approximate surface area is 156 Å². The van der Waals surface area contributed by atoms with Crippen LogP contribution in [0.4, 0.5) is 5.69 Å². The highest BCUT2D eigenvalue weighted by molar-refractivity contribution is 6.32. The fourth-order valence-corrected chi connectivity index (χ4v) is 2.67. The molecule has 1 aromatic rings. The number of halogens is 1. The Morgan fingerprint density at radius 1 is 1.32 bits per heavy atom. The Morgan fingerprint density at radius 2 is 2.04 bits per heavy atom. The number of rotatable bonds is 11. The van der Waals surface area contributed by atoms with Crippen molar-refractivity contribution in [1.29, 1.82) is 0 Å². The Morgan fingerprint density at radius 3 is 2.60 bits per heavy atom. The third-order valence-electron chi connectivity index (χ3n) is 4.11. The van der Waals surface area contributed by atoms with E-state index in [1.54, 1.807) is 32.4 Å². The molecule has 0 aliphatic carbocycles. The zero-order chi connectivity index (χ0) is 18.9. The molecule has 0 aliphatic heterocycles. The molecule has 0 unspecified atom stereocenters. The Hall–Kier alpha value is -1.30. The number of anilines is 1. The van der Waals surface area contributed by atoms with Gasteiger partial charge in [-0.2, -0.15) is 0 Å². The average molecular weight is 372 g/mol. The summed E-state index contributed by atoms with van der Waals surface area (Å²) < 4.78 is 16.2. The number of benzene rings is 1. The molecule has 0 spiro atoms. The fourth-order valence-electron chi connectivity index (χ4n) is 2.44. The van der Waals surface area contributed by atoms with Crippen LogP contribution in [0.2, 0.25) is 5.02 Å². The number of methoxy groups -OCH3 is 2. The highest BCUT2D eigenvalue weighted by Gasteiger charge is 2.32. The van der Waals surface area contributed by atoms with Crippen LogP contribution in [0.15, 0.2) is 18.2 Å². The van der Waals surface area contributed by atoms with E-state index in [9.17, 15) is 4.79 Å². The highest BCUT2D eigenvalue weighted by atomic mass is 35.5. The maximum Gasteiger partial charge on any atom is 0.256 e. The van der Waals surface area contributed by atoms with Crippen LogP contribution in [0.5, 0.6) is 5.75 Å². The zero-order valence-electron chi connectivity index (χ0n) is 15.9. The van der Waals surface area contributed by atoms with Gasteiger partial charge in [-0.15, -0.1) is 0 Å². The molecular formula is C19H30ClNO4. The number of unbranched alkanes of at least 4 members (excludes halogenated alkanes) is 2. The standard InChI is InChI=1S/C19H30ClNO4/c1-6-7-8-11-19(3,24-5)18(22)21-15-9-10-17(16(20)12-15)25-14(2)13-23-4/h9-10,12,14H,6-8,11,13H2,1-5H3,(H,21,22)/t14-,19+/m1/s1. The Bertz CT molecular complexity index is 552. The molecular weight excluding hydrogens is 342 g/mol. The second-order valence-corrected chi connectivity index (χ2v) is 6.78. The lowest BCUT2D eigenvalue weighted by Crippen LogP contribution is -2.41. The number of ether oxygens (including phenoxy) is 3. The van der Waals surface area contributed by atoms with Crippen molar-refractivity contribution < 1.29 is 19.0 Å². The van der Waals surface area contributed by atoms with Crippen LogP contribution in [-0.2, 0) is 14.3 Å². The molecule has 0 saturated carbocycles. The SMILES string of the molecule is CCCCC[C@](C)(OC)C(=O)Nc1ccc(O[C@H](C)COC)c(Cl)c1. The van der Waals surface area contributed by atoms with Gasteiger partial charge in [-0.25, -0.2) is 0 Å². The van der Waals surface area contributed by atoms with E-state index in [-0.39, 0.29) is 12.0 Å². The molecule has 25 heavy (non-hydrogen) atoms. The number of carbonyl (C=O) groups is 1. The lowest BCUT2D eigenvalue weighted by molar-refractivity contribution is -0.136. The van der Waals surface area contributed by atoms with Gasteiger partial charge in [0, 0.05) is 19.9 Å². The smallest absolute Gasteiger partial charge is 0.256 e. The summed E-state index contributed by atoms with van der Waals surface area (Å²) in [4.78, 5) is 12.6. The molecule has 5 nitrogen and oxygen atoms in total. The number of hydrogen-bond acceptors (Lipinski definition) is 4. The van der Waals surface area contributed by atoms with Crippen LogP contribution in [0, 0.1) is 0 Å². The zero-order valence-corrected chi connectivity index (χ0v) is 16.6. The van der Waals surface area contributed by atoms with Gasteiger partial charge in [0.2, 0.25) is 0 Å². The van der Waals surface area contributed by atoms with Crippen molar-refractivity contribution >= 4 is 23.2 Å². The first-order valence-corrected chi connectivity index (χ1v) is 9.05. The normalized spacial score (nSPS) is 14.6. The molecule has 0 aliphatic rings. The van der Waals surface area contributed by atoms with E-state index in [0.29, 0.717) is 29.5 Å². The van der Waals surface area contributed by atoms with Crippen molar-refractivity contribution in [3.05, 3.63) is 23.2 Å². The summed E-state index contributed by atoms with van der Waals surface area (Å²) in [6.07, 6.45) is 3.67. The third-order valence-corrected chi connectivity index (χ3v) is 4.40. The second-order valence-electron chi connectivity index (χ2n) is 6.38. The fraction of sp³-hybridized carbons (Fsp3) is 0.632. The summed E-state index contributed by atoms with van der Waals surface area (Å²) in [5.41, 5.74) is -0.246. The number of nitrogens with one attached hydrogen (secondary N) is 1. The second kappa shape index (κ2) is 10.6. The maximum atomic E-state index is 12.6. The molecule has 1 aromatic carbocycles. The molecule has 6 heteroatoms. The van der Waals surface area contributed by atoms with Gasteiger partial charge in [0.25, 0.3) is 5.91 Å². The molecule has 142 valence electrons. The van der Waals surface area contributed by atoms with E-state index in [4.69, 9.17) is 25.8 Å². The van der Waals surface area contributed by atoms with E-state index in [0.717, 1.165) is 19.3 Å². The van der Waals surface area contributed by atoms with Crippen molar-refractivity contribution in [2.45, 2.75) is 58.2 Å². The quantitative estimate of drug-likeness (QED) is 0.574. The predicted molar refractivity (Wildman–Crippen MR) is 102 cm³/mol. The number of hydrogen-bond donors (Lipinski definition) is 1. The number of carbonyl (C=O) groups excluding carboxylic acids is 1. The minimum absolute atomic E-state index is 0.113. The summed E-state index contributed by atoms with van der Waals surface area (Å²) in [6.45, 7) is 6.31. The minimum atomic E-state index is -0.857. The molecule has 0 bridgehead atoms. The minimum Gasteiger partial charge on any atom is -0.487 e. The summed E-state index contributed by atoms with van der Waals surface area (Å²) in [5.74, 6) is 0.380. The van der Waals surface area contributed by atoms with Gasteiger partial charge < -0.3 is 19.5 Å². The van der Waals surface area contributed by atoms with Gasteiger partial charge in [-0.05, 0) is 38.5 Å². The van der Waals surface area contributed by atoms with Gasteiger partial charge in [-0.1, -0.05) is 37.8 Å². The molecule has 0 aromatic heterocycles. The maximum absolute atomic E-state index is 12.6. The predicted octanol–water partition coefficient (Wildman–Crippen LogP) is 4.68. The van der Waals surface area contributed by atoms with Crippen LogP contribution in [0.25, 0.3) is 0 Å². The topological polar surface area (TPSA) is 56.8 Å². The van der Waals surface area contributed by atoms with Crippen LogP contribution in [0.1, 0.15) is 46.5 Å². The first kappa shape index (κ1) is 21.7. The highest BCUT2D eigenvalue weighted by Crippen LogP contribution is 2.29. The van der Waals surface area contributed by atoms with Crippen LogP contribution in [0.3, 0.4) is 0 Å². The van der Waals surface area contributed by atoms with Crippen LogP contribution < -0.4 is 10.1 Å². The third kappa shape index (κ3) is 6.84. The van der Waals surface area contributed by atoms with Crippen molar-refractivity contribution in [3.8, 4) is 5.75 Å². The van der Waals surface area contributed by atoms with Crippen molar-refractivity contribution in [3.63, 3.8) is 0 Å². The van der Waals surface area contributed by atoms with Crippen molar-refractivity contribution in [2.75, 3.05) is 26.1 Å². The molecule has 0 radical (unpaired) electrons. The van der Waals surface area contributed by atoms with Gasteiger partial charge in [-0.3, -0.25) is 4.79 Å². The van der Waals surface area contributed by atoms with Crippen molar-refractivity contribution in [2.24, 2.45) is 0 Å². The van der Waals surface area contributed by atoms with Gasteiger partial charge in [0.1, 0.15) is 17.5 Å². The first-order chi connectivity index (χ1) is 11.9. The summed E-state index contributed by atoms with van der Waals surface area (Å²) in [5, 5.41) is 3.31. The van der Waals surface area contributed by atoms with E-state index in [1.165, 1.54) is 0 Å². The molecule has 0 fully saturated rings. The van der Waals surface area contributed by atoms with Gasteiger partial charge in [0.15, 0.2) is 0 Å². The van der Waals surface area contributed by atoms with Crippen molar-refractivity contribution in [1.82, 2.24) is 0 Å². The molecule has 1 amide bonds. The van der Waals surface area contributed by atoms with Gasteiger partial charge in [0.05, 0.1) is 11.6 Å². The summed E-state index contributed by atoms with van der Waals surface area (Å²) in [6, 6.07) is 5.18. The number of amides is 1. The summed E-state index contributed by atoms with van der Waals surface area (Å²) in [7, 11) is 3.18. The Balaban J connectivity index is 2.75. The molecule has 0 saturated heterocycles. The molecule has 1 N–H and O–H groups in total. The van der Waals surface area contributed by atoms with E-state index in [1.807, 2.05) is 13.8 Å². The monoisotopic (exact) mass is 371 g/mol. The molecule has 0 heterocycles. The average Bonchev–Trinajstić information content (AvgIpc) is 2.57. The van der Waals surface area contributed by atoms with Gasteiger partial charge >= 0.3 is 0 Å². The van der Waals surface area contributed by atoms with E-state index in [2.05, 4.69) is 12.2 Å². The van der Waals surface area contributed by atoms with E-state index >= 15 is 0 Å².